The van der Waals surface area contributed by atoms with Crippen molar-refractivity contribution in [3.63, 3.8) is 0 Å². The zero-order valence-electron chi connectivity index (χ0n) is 38.2. The third kappa shape index (κ3) is 7.29. The molecule has 0 saturated heterocycles. The Morgan fingerprint density at radius 3 is 1.88 bits per heavy atom. The molecule has 60 heavy (non-hydrogen) atoms. The van der Waals surface area contributed by atoms with Crippen molar-refractivity contribution >= 4 is 63.4 Å². The van der Waals surface area contributed by atoms with Crippen LogP contribution in [0.5, 0.6) is 0 Å². The number of allylic oxidation sites excluding steroid dienone is 7. The van der Waals surface area contributed by atoms with Gasteiger partial charge < -0.3 is 9.80 Å². The highest BCUT2D eigenvalue weighted by molar-refractivity contribution is 8.05. The average molecular weight is 809 g/mol. The lowest BCUT2D eigenvalue weighted by atomic mass is 9.36. The highest BCUT2D eigenvalue weighted by Gasteiger charge is 2.48. The van der Waals surface area contributed by atoms with Crippen molar-refractivity contribution in [1.29, 1.82) is 0 Å². The molecule has 1 saturated carbocycles. The van der Waals surface area contributed by atoms with Crippen LogP contribution in [-0.4, -0.2) is 12.5 Å². The summed E-state index contributed by atoms with van der Waals surface area (Å²) in [6, 6.07) is 31.6. The van der Waals surface area contributed by atoms with E-state index < -0.39 is 0 Å². The van der Waals surface area contributed by atoms with Crippen molar-refractivity contribution < 1.29 is 0 Å². The van der Waals surface area contributed by atoms with E-state index in [1.54, 1.807) is 5.57 Å². The van der Waals surface area contributed by atoms with Crippen LogP contribution in [0.2, 0.25) is 0 Å². The topological polar surface area (TPSA) is 6.48 Å². The Bertz CT molecular complexity index is 2490. The van der Waals surface area contributed by atoms with Crippen molar-refractivity contribution in [2.75, 3.05) is 15.6 Å². The van der Waals surface area contributed by atoms with Gasteiger partial charge in [-0.1, -0.05) is 142 Å². The van der Waals surface area contributed by atoms with Crippen LogP contribution >= 0.6 is 11.8 Å². The second kappa shape index (κ2) is 14.9. The van der Waals surface area contributed by atoms with Crippen LogP contribution in [0.25, 0.3) is 5.57 Å². The van der Waals surface area contributed by atoms with E-state index in [2.05, 4.69) is 190 Å². The molecule has 0 radical (unpaired) electrons. The first-order chi connectivity index (χ1) is 28.4. The lowest BCUT2D eigenvalue weighted by Gasteiger charge is -2.45. The lowest BCUT2D eigenvalue weighted by Crippen LogP contribution is -2.55. The van der Waals surface area contributed by atoms with Gasteiger partial charge in [-0.25, -0.2) is 0 Å². The van der Waals surface area contributed by atoms with Gasteiger partial charge in [0, 0.05) is 34.2 Å². The van der Waals surface area contributed by atoms with Gasteiger partial charge in [-0.15, -0.1) is 11.8 Å². The van der Waals surface area contributed by atoms with Crippen LogP contribution in [-0.2, 0) is 16.2 Å². The summed E-state index contributed by atoms with van der Waals surface area (Å²) in [6.45, 7) is 29.8. The van der Waals surface area contributed by atoms with E-state index >= 15 is 0 Å². The second-order valence-corrected chi connectivity index (χ2v) is 22.8. The molecule has 5 aliphatic rings. The quantitative estimate of drug-likeness (QED) is 0.146. The minimum atomic E-state index is 0.00590. The number of nitrogens with zero attached hydrogens (tertiary/aromatic N) is 2. The first kappa shape index (κ1) is 41.0. The minimum absolute atomic E-state index is 0.00590. The van der Waals surface area contributed by atoms with Gasteiger partial charge in [0.2, 0.25) is 0 Å². The van der Waals surface area contributed by atoms with E-state index in [1.807, 2.05) is 17.8 Å². The van der Waals surface area contributed by atoms with Gasteiger partial charge in [0.25, 0.3) is 6.71 Å². The third-order valence-corrected chi connectivity index (χ3v) is 15.1. The Kier molecular flexibility index (Phi) is 10.2. The van der Waals surface area contributed by atoms with E-state index in [0.29, 0.717) is 5.92 Å². The molecule has 3 aliphatic heterocycles. The van der Waals surface area contributed by atoms with Crippen LogP contribution in [0.3, 0.4) is 0 Å². The molecule has 2 nitrogen and oxygen atoms in total. The SMILES string of the molecule is C=C/C=C(C)\C=C1/CSC2=C1N(c1ccc(C(C)(C)C)cc1)c1cc(C3=CC4CC(C)CC(C3)C4)cc3c1B2c1ccc(C(C)(C)C)cc1N3c1ccc(C(C)(C)C)cc1. The Balaban J connectivity index is 1.37. The van der Waals surface area contributed by atoms with E-state index in [-0.39, 0.29) is 23.0 Å². The predicted molar refractivity (Wildman–Crippen MR) is 265 cm³/mol. The Morgan fingerprint density at radius 1 is 0.717 bits per heavy atom. The molecule has 0 amide bonds. The van der Waals surface area contributed by atoms with Crippen molar-refractivity contribution in [1.82, 2.24) is 0 Å². The summed E-state index contributed by atoms with van der Waals surface area (Å²) in [7, 11) is 0. The van der Waals surface area contributed by atoms with Crippen molar-refractivity contribution in [2.45, 2.75) is 118 Å². The standard InChI is InChI=1S/C56H65BN2S/c1-13-14-35(2)27-41-34-60-53-52(41)59(46-22-17-43(18-23-46)55(7,8)9)50-32-40(39-29-37-25-36(3)26-38(28-37)30-39)31-49-51(50)57(53)47-24-19-44(56(10,11)12)33-48(47)58(49)45-20-15-42(16-21-45)54(4,5)6/h13-24,27,29,31-33,36-38H,1,25-26,28,30,34H2,2-12H3/b35-14-,41-27+. The number of anilines is 5. The van der Waals surface area contributed by atoms with Crippen molar-refractivity contribution in [3.05, 3.63) is 154 Å². The molecule has 3 heterocycles. The van der Waals surface area contributed by atoms with Gasteiger partial charge in [0.1, 0.15) is 0 Å². The maximum absolute atomic E-state index is 4.05. The van der Waals surface area contributed by atoms with E-state index in [1.165, 1.54) is 103 Å². The summed E-state index contributed by atoms with van der Waals surface area (Å²) in [5.41, 5.74) is 20.3. The number of benzene rings is 4. The summed E-state index contributed by atoms with van der Waals surface area (Å²) < 4.78 is 0. The Morgan fingerprint density at radius 2 is 1.30 bits per heavy atom. The van der Waals surface area contributed by atoms with Crippen molar-refractivity contribution in [3.8, 4) is 0 Å². The fourth-order valence-corrected chi connectivity index (χ4v) is 12.2. The molecular formula is C56H65BN2S. The van der Waals surface area contributed by atoms with Crippen LogP contribution in [0, 0.1) is 17.8 Å². The van der Waals surface area contributed by atoms with Gasteiger partial charge in [-0.2, -0.15) is 0 Å². The number of fused-ring (bicyclic) bond motifs is 5. The van der Waals surface area contributed by atoms with Gasteiger partial charge in [-0.3, -0.25) is 0 Å². The minimum Gasteiger partial charge on any atom is -0.311 e. The van der Waals surface area contributed by atoms with Crippen LogP contribution in [0.1, 0.15) is 124 Å². The Labute approximate surface area is 366 Å². The molecule has 0 spiro atoms. The molecule has 4 aromatic rings. The molecule has 0 N–H and O–H groups in total. The molecular weight excluding hydrogens is 744 g/mol. The van der Waals surface area contributed by atoms with Crippen LogP contribution in [0.15, 0.2) is 131 Å². The molecule has 3 atom stereocenters. The molecule has 9 rings (SSSR count). The predicted octanol–water partition coefficient (Wildman–Crippen LogP) is 14.5. The normalized spacial score (nSPS) is 22.1. The van der Waals surface area contributed by atoms with Gasteiger partial charge in [0.05, 0.1) is 5.70 Å². The molecule has 0 aromatic heterocycles. The van der Waals surface area contributed by atoms with Gasteiger partial charge >= 0.3 is 0 Å². The number of hydrogen-bond acceptors (Lipinski definition) is 3. The molecule has 2 aliphatic carbocycles. The summed E-state index contributed by atoms with van der Waals surface area (Å²) in [5, 5.41) is 0. The number of thioether (sulfide) groups is 1. The first-order valence-electron chi connectivity index (χ1n) is 22.6. The summed E-state index contributed by atoms with van der Waals surface area (Å²) in [5.74, 6) is 3.16. The largest absolute Gasteiger partial charge is 0.311 e. The summed E-state index contributed by atoms with van der Waals surface area (Å²) in [6.07, 6.45) is 14.3. The smallest absolute Gasteiger partial charge is 0.259 e. The lowest BCUT2D eigenvalue weighted by molar-refractivity contribution is 0.231. The Hall–Kier alpha value is -4.41. The molecule has 2 bridgehead atoms. The first-order valence-corrected chi connectivity index (χ1v) is 23.6. The van der Waals surface area contributed by atoms with Crippen molar-refractivity contribution in [2.24, 2.45) is 17.8 Å². The zero-order chi connectivity index (χ0) is 42.5. The number of rotatable bonds is 5. The molecule has 1 fully saturated rings. The maximum Gasteiger partial charge on any atom is 0.259 e. The molecule has 3 unspecified atom stereocenters. The summed E-state index contributed by atoms with van der Waals surface area (Å²) in [4.78, 5) is 6.76. The maximum atomic E-state index is 4.05. The number of hydrogen-bond donors (Lipinski definition) is 0. The summed E-state index contributed by atoms with van der Waals surface area (Å²) >= 11 is 2.04. The molecule has 4 heteroatoms. The van der Waals surface area contributed by atoms with Crippen LogP contribution < -0.4 is 20.7 Å². The van der Waals surface area contributed by atoms with Gasteiger partial charge in [0.15, 0.2) is 0 Å². The van der Waals surface area contributed by atoms with E-state index in [0.717, 1.165) is 24.0 Å². The highest BCUT2D eigenvalue weighted by atomic mass is 32.2. The zero-order valence-corrected chi connectivity index (χ0v) is 39.0. The average Bonchev–Trinajstić information content (AvgIpc) is 3.58. The fourth-order valence-electron chi connectivity index (χ4n) is 10.9. The second-order valence-electron chi connectivity index (χ2n) is 21.8. The van der Waals surface area contributed by atoms with E-state index in [4.69, 9.17) is 0 Å². The van der Waals surface area contributed by atoms with Crippen LogP contribution in [0.4, 0.5) is 28.4 Å². The molecule has 308 valence electrons. The fraction of sp³-hybridized carbons (Fsp3) is 0.393. The third-order valence-electron chi connectivity index (χ3n) is 13.9. The van der Waals surface area contributed by atoms with E-state index in [9.17, 15) is 0 Å². The van der Waals surface area contributed by atoms with Gasteiger partial charge in [-0.05, 0) is 158 Å². The molecule has 4 aromatic carbocycles. The highest BCUT2D eigenvalue weighted by Crippen LogP contribution is 2.53. The monoisotopic (exact) mass is 808 g/mol.